The first kappa shape index (κ1) is 9.28. The zero-order valence-electron chi connectivity index (χ0n) is 7.89. The SMILES string of the molecule is C=C=C(C)C1CCC(C)CC1=O. The van der Waals surface area contributed by atoms with E-state index < -0.39 is 0 Å². The van der Waals surface area contributed by atoms with E-state index in [-0.39, 0.29) is 5.92 Å². The number of hydrogen-bond donors (Lipinski definition) is 0. The Morgan fingerprint density at radius 3 is 2.75 bits per heavy atom. The van der Waals surface area contributed by atoms with Crippen LogP contribution in [0, 0.1) is 11.8 Å². The highest BCUT2D eigenvalue weighted by molar-refractivity contribution is 5.84. The monoisotopic (exact) mass is 164 g/mol. The van der Waals surface area contributed by atoms with E-state index in [1.54, 1.807) is 0 Å². The van der Waals surface area contributed by atoms with Gasteiger partial charge in [-0.05, 0) is 31.3 Å². The van der Waals surface area contributed by atoms with E-state index in [1.807, 2.05) is 6.92 Å². The summed E-state index contributed by atoms with van der Waals surface area (Å²) in [5.74, 6) is 1.08. The molecule has 0 aromatic carbocycles. The standard InChI is InChI=1S/C11H16O/c1-4-9(3)10-6-5-8(2)7-11(10)12/h8,10H,1,5-7H2,2-3H3. The molecule has 0 saturated heterocycles. The van der Waals surface area contributed by atoms with Crippen LogP contribution in [-0.4, -0.2) is 5.78 Å². The molecule has 1 fully saturated rings. The number of rotatable bonds is 1. The van der Waals surface area contributed by atoms with Gasteiger partial charge in [0.15, 0.2) is 0 Å². The first-order valence-corrected chi connectivity index (χ1v) is 4.54. The van der Waals surface area contributed by atoms with Gasteiger partial charge in [0.05, 0.1) is 0 Å². The molecule has 12 heavy (non-hydrogen) atoms. The lowest BCUT2D eigenvalue weighted by atomic mass is 9.79. The number of carbonyl (C=O) groups excluding carboxylic acids is 1. The van der Waals surface area contributed by atoms with Gasteiger partial charge >= 0.3 is 0 Å². The summed E-state index contributed by atoms with van der Waals surface area (Å²) in [6, 6.07) is 0. The molecule has 0 radical (unpaired) electrons. The van der Waals surface area contributed by atoms with Crippen molar-refractivity contribution in [2.45, 2.75) is 33.1 Å². The molecule has 0 bridgehead atoms. The molecule has 0 N–H and O–H groups in total. The molecular weight excluding hydrogens is 148 g/mol. The molecule has 0 aliphatic heterocycles. The summed E-state index contributed by atoms with van der Waals surface area (Å²) in [4.78, 5) is 11.5. The average Bonchev–Trinajstić information content (AvgIpc) is 2.03. The first-order chi connectivity index (χ1) is 5.65. The average molecular weight is 164 g/mol. The topological polar surface area (TPSA) is 17.1 Å². The number of carbonyl (C=O) groups is 1. The van der Waals surface area contributed by atoms with Gasteiger partial charge in [-0.2, -0.15) is 0 Å². The molecule has 1 nitrogen and oxygen atoms in total. The van der Waals surface area contributed by atoms with Gasteiger partial charge in [0.1, 0.15) is 5.78 Å². The van der Waals surface area contributed by atoms with Gasteiger partial charge in [-0.15, -0.1) is 5.73 Å². The fourth-order valence-electron chi connectivity index (χ4n) is 1.78. The maximum absolute atomic E-state index is 11.5. The Bertz CT molecular complexity index is 233. The fourth-order valence-corrected chi connectivity index (χ4v) is 1.78. The third kappa shape index (κ3) is 1.86. The Morgan fingerprint density at radius 2 is 2.25 bits per heavy atom. The van der Waals surface area contributed by atoms with Gasteiger partial charge in [-0.3, -0.25) is 4.79 Å². The van der Waals surface area contributed by atoms with E-state index in [1.165, 1.54) is 0 Å². The highest BCUT2D eigenvalue weighted by Crippen LogP contribution is 2.29. The molecule has 0 amide bonds. The summed E-state index contributed by atoms with van der Waals surface area (Å²) in [5.41, 5.74) is 3.85. The minimum Gasteiger partial charge on any atom is -0.299 e. The van der Waals surface area contributed by atoms with Crippen molar-refractivity contribution in [1.29, 1.82) is 0 Å². The van der Waals surface area contributed by atoms with Gasteiger partial charge < -0.3 is 0 Å². The Balaban J connectivity index is 2.69. The van der Waals surface area contributed by atoms with E-state index >= 15 is 0 Å². The second kappa shape index (κ2) is 3.73. The highest BCUT2D eigenvalue weighted by Gasteiger charge is 2.26. The van der Waals surface area contributed by atoms with Crippen LogP contribution in [0.25, 0.3) is 0 Å². The van der Waals surface area contributed by atoms with Crippen molar-refractivity contribution in [3.05, 3.63) is 17.9 Å². The van der Waals surface area contributed by atoms with Crippen LogP contribution in [0.15, 0.2) is 17.9 Å². The molecule has 1 saturated carbocycles. The van der Waals surface area contributed by atoms with Gasteiger partial charge in [-0.1, -0.05) is 13.5 Å². The third-order valence-corrected chi connectivity index (χ3v) is 2.69. The molecule has 0 aromatic rings. The van der Waals surface area contributed by atoms with Gasteiger partial charge in [0.2, 0.25) is 0 Å². The molecular formula is C11H16O. The second-order valence-electron chi connectivity index (χ2n) is 3.77. The van der Waals surface area contributed by atoms with Crippen LogP contribution in [0.2, 0.25) is 0 Å². The fraction of sp³-hybridized carbons (Fsp3) is 0.636. The van der Waals surface area contributed by atoms with Crippen LogP contribution in [0.5, 0.6) is 0 Å². The van der Waals surface area contributed by atoms with Crippen LogP contribution in [0.1, 0.15) is 33.1 Å². The van der Waals surface area contributed by atoms with Crippen molar-refractivity contribution in [3.63, 3.8) is 0 Å². The van der Waals surface area contributed by atoms with Crippen molar-refractivity contribution in [2.24, 2.45) is 11.8 Å². The lowest BCUT2D eigenvalue weighted by Crippen LogP contribution is -2.24. The predicted molar refractivity (Wildman–Crippen MR) is 49.8 cm³/mol. The second-order valence-corrected chi connectivity index (χ2v) is 3.77. The van der Waals surface area contributed by atoms with E-state index in [4.69, 9.17) is 0 Å². The lowest BCUT2D eigenvalue weighted by molar-refractivity contribution is -0.124. The van der Waals surface area contributed by atoms with Crippen molar-refractivity contribution in [3.8, 4) is 0 Å². The largest absolute Gasteiger partial charge is 0.299 e. The molecule has 0 heterocycles. The maximum atomic E-state index is 11.5. The van der Waals surface area contributed by atoms with Gasteiger partial charge in [0.25, 0.3) is 0 Å². The Labute approximate surface area is 74.2 Å². The summed E-state index contributed by atoms with van der Waals surface area (Å²) in [7, 11) is 0. The molecule has 1 aliphatic rings. The van der Waals surface area contributed by atoms with Gasteiger partial charge in [0, 0.05) is 12.3 Å². The van der Waals surface area contributed by atoms with Crippen molar-refractivity contribution in [1.82, 2.24) is 0 Å². The zero-order chi connectivity index (χ0) is 9.14. The molecule has 2 unspecified atom stereocenters. The van der Waals surface area contributed by atoms with Crippen LogP contribution in [-0.2, 0) is 4.79 Å². The summed E-state index contributed by atoms with van der Waals surface area (Å²) < 4.78 is 0. The molecule has 1 heteroatoms. The summed E-state index contributed by atoms with van der Waals surface area (Å²) in [6.07, 6.45) is 2.90. The summed E-state index contributed by atoms with van der Waals surface area (Å²) >= 11 is 0. The highest BCUT2D eigenvalue weighted by atomic mass is 16.1. The molecule has 1 rings (SSSR count). The molecule has 66 valence electrons. The van der Waals surface area contributed by atoms with Gasteiger partial charge in [-0.25, -0.2) is 0 Å². The minimum absolute atomic E-state index is 0.124. The number of allylic oxidation sites excluding steroid dienone is 1. The van der Waals surface area contributed by atoms with E-state index in [0.29, 0.717) is 11.7 Å². The Kier molecular flexibility index (Phi) is 2.88. The zero-order valence-corrected chi connectivity index (χ0v) is 7.89. The third-order valence-electron chi connectivity index (χ3n) is 2.69. The van der Waals surface area contributed by atoms with Crippen molar-refractivity contribution in [2.75, 3.05) is 0 Å². The summed E-state index contributed by atoms with van der Waals surface area (Å²) in [5, 5.41) is 0. The molecule has 1 aliphatic carbocycles. The van der Waals surface area contributed by atoms with E-state index in [0.717, 1.165) is 24.8 Å². The smallest absolute Gasteiger partial charge is 0.140 e. The molecule has 0 aromatic heterocycles. The number of ketones is 1. The van der Waals surface area contributed by atoms with Crippen LogP contribution in [0.4, 0.5) is 0 Å². The first-order valence-electron chi connectivity index (χ1n) is 4.54. The minimum atomic E-state index is 0.124. The van der Waals surface area contributed by atoms with Crippen molar-refractivity contribution < 1.29 is 4.79 Å². The van der Waals surface area contributed by atoms with E-state index in [9.17, 15) is 4.79 Å². The Hall–Kier alpha value is -0.810. The van der Waals surface area contributed by atoms with Crippen molar-refractivity contribution >= 4 is 5.78 Å². The lowest BCUT2D eigenvalue weighted by Gasteiger charge is -2.24. The number of Topliss-reactive ketones (excluding diaryl/α,β-unsaturated/α-hetero) is 1. The molecule has 2 atom stereocenters. The van der Waals surface area contributed by atoms with Crippen LogP contribution < -0.4 is 0 Å². The molecule has 0 spiro atoms. The quantitative estimate of drug-likeness (QED) is 0.544. The van der Waals surface area contributed by atoms with E-state index in [2.05, 4.69) is 19.2 Å². The normalized spacial score (nSPS) is 29.7. The Morgan fingerprint density at radius 1 is 1.58 bits per heavy atom. The number of hydrogen-bond acceptors (Lipinski definition) is 1. The summed E-state index contributed by atoms with van der Waals surface area (Å²) in [6.45, 7) is 7.66. The predicted octanol–water partition coefficient (Wildman–Crippen LogP) is 2.72. The maximum Gasteiger partial charge on any atom is 0.140 e. The van der Waals surface area contributed by atoms with Crippen LogP contribution in [0.3, 0.4) is 0 Å². The van der Waals surface area contributed by atoms with Crippen LogP contribution >= 0.6 is 0 Å².